The first-order chi connectivity index (χ1) is 10.7. The summed E-state index contributed by atoms with van der Waals surface area (Å²) in [5.41, 5.74) is 1.52. The molecule has 1 heterocycles. The molecule has 1 aliphatic rings. The Bertz CT molecular complexity index is 683. The molecule has 0 spiro atoms. The first-order valence-electron chi connectivity index (χ1n) is 7.19. The van der Waals surface area contributed by atoms with E-state index in [1.165, 1.54) is 0 Å². The Morgan fingerprint density at radius 3 is 2.45 bits per heavy atom. The van der Waals surface area contributed by atoms with E-state index < -0.39 is 0 Å². The quantitative estimate of drug-likeness (QED) is 0.867. The SMILES string of the molecule is O=C(Nc1ccc(Cl)cc1)N(C1=NCCC1)c1ccccc1. The van der Waals surface area contributed by atoms with Gasteiger partial charge in [-0.25, -0.2) is 4.79 Å². The highest BCUT2D eigenvalue weighted by atomic mass is 35.5. The van der Waals surface area contributed by atoms with Crippen LogP contribution in [0.25, 0.3) is 0 Å². The predicted molar refractivity (Wildman–Crippen MR) is 90.9 cm³/mol. The maximum Gasteiger partial charge on any atom is 0.331 e. The Kier molecular flexibility index (Phi) is 4.39. The van der Waals surface area contributed by atoms with Gasteiger partial charge in [0.2, 0.25) is 0 Å². The summed E-state index contributed by atoms with van der Waals surface area (Å²) in [6.45, 7) is 0.771. The molecule has 1 N–H and O–H groups in total. The molecule has 1 aliphatic heterocycles. The average molecular weight is 314 g/mol. The van der Waals surface area contributed by atoms with Crippen LogP contribution < -0.4 is 10.2 Å². The van der Waals surface area contributed by atoms with Crippen LogP contribution in [-0.2, 0) is 0 Å². The van der Waals surface area contributed by atoms with Gasteiger partial charge >= 0.3 is 6.03 Å². The van der Waals surface area contributed by atoms with Gasteiger partial charge in [0.25, 0.3) is 0 Å². The van der Waals surface area contributed by atoms with Crippen molar-refractivity contribution in [2.45, 2.75) is 12.8 Å². The van der Waals surface area contributed by atoms with Crippen LogP contribution >= 0.6 is 11.6 Å². The fourth-order valence-electron chi connectivity index (χ4n) is 2.38. The number of nitrogens with zero attached hydrogens (tertiary/aromatic N) is 2. The normalized spacial score (nSPS) is 13.6. The van der Waals surface area contributed by atoms with Crippen LogP contribution in [0.2, 0.25) is 5.02 Å². The smallest absolute Gasteiger partial charge is 0.307 e. The fourth-order valence-corrected chi connectivity index (χ4v) is 2.51. The highest BCUT2D eigenvalue weighted by molar-refractivity contribution is 6.30. The van der Waals surface area contributed by atoms with Crippen molar-refractivity contribution >= 4 is 34.8 Å². The molecule has 22 heavy (non-hydrogen) atoms. The second kappa shape index (κ2) is 6.62. The van der Waals surface area contributed by atoms with Crippen LogP contribution in [0.5, 0.6) is 0 Å². The molecule has 0 saturated carbocycles. The van der Waals surface area contributed by atoms with E-state index >= 15 is 0 Å². The molecule has 5 heteroatoms. The summed E-state index contributed by atoms with van der Waals surface area (Å²) in [6, 6.07) is 16.4. The Balaban J connectivity index is 1.85. The number of rotatable bonds is 2. The molecule has 2 aromatic carbocycles. The molecule has 0 unspecified atom stereocenters. The summed E-state index contributed by atoms with van der Waals surface area (Å²) < 4.78 is 0. The van der Waals surface area contributed by atoms with Gasteiger partial charge in [0.15, 0.2) is 0 Å². The molecule has 0 atom stereocenters. The maximum absolute atomic E-state index is 12.7. The molecule has 2 aromatic rings. The van der Waals surface area contributed by atoms with Crippen LogP contribution in [0.3, 0.4) is 0 Å². The summed E-state index contributed by atoms with van der Waals surface area (Å²) in [4.78, 5) is 18.8. The van der Waals surface area contributed by atoms with E-state index in [0.29, 0.717) is 10.7 Å². The lowest BCUT2D eigenvalue weighted by Crippen LogP contribution is -2.39. The molecule has 0 fully saturated rings. The summed E-state index contributed by atoms with van der Waals surface area (Å²) in [6.07, 6.45) is 1.79. The number of halogens is 1. The van der Waals surface area contributed by atoms with Crippen LogP contribution in [0.1, 0.15) is 12.8 Å². The van der Waals surface area contributed by atoms with Crippen molar-refractivity contribution in [3.63, 3.8) is 0 Å². The number of nitrogens with one attached hydrogen (secondary N) is 1. The van der Waals surface area contributed by atoms with E-state index in [4.69, 9.17) is 11.6 Å². The molecule has 0 radical (unpaired) electrons. The number of hydrogen-bond donors (Lipinski definition) is 1. The number of amides is 2. The van der Waals surface area contributed by atoms with Crippen molar-refractivity contribution in [2.24, 2.45) is 4.99 Å². The third-order valence-corrected chi connectivity index (χ3v) is 3.68. The van der Waals surface area contributed by atoms with Gasteiger partial charge in [-0.2, -0.15) is 0 Å². The van der Waals surface area contributed by atoms with Gasteiger partial charge in [-0.05, 0) is 42.8 Å². The van der Waals surface area contributed by atoms with Crippen LogP contribution in [-0.4, -0.2) is 18.4 Å². The van der Waals surface area contributed by atoms with Gasteiger partial charge < -0.3 is 5.32 Å². The highest BCUT2D eigenvalue weighted by Crippen LogP contribution is 2.21. The van der Waals surface area contributed by atoms with Crippen LogP contribution in [0.4, 0.5) is 16.2 Å². The highest BCUT2D eigenvalue weighted by Gasteiger charge is 2.23. The number of benzene rings is 2. The van der Waals surface area contributed by atoms with Gasteiger partial charge in [-0.3, -0.25) is 9.89 Å². The average Bonchev–Trinajstić information content (AvgIpc) is 3.05. The molecular weight excluding hydrogens is 298 g/mol. The summed E-state index contributed by atoms with van der Waals surface area (Å²) >= 11 is 5.87. The van der Waals surface area contributed by atoms with E-state index in [-0.39, 0.29) is 6.03 Å². The maximum atomic E-state index is 12.7. The lowest BCUT2D eigenvalue weighted by molar-refractivity contribution is 0.259. The van der Waals surface area contributed by atoms with E-state index in [1.54, 1.807) is 29.2 Å². The molecular formula is C17H16ClN3O. The number of anilines is 2. The number of amidine groups is 1. The van der Waals surface area contributed by atoms with Crippen molar-refractivity contribution in [1.82, 2.24) is 0 Å². The number of carbonyl (C=O) groups excluding carboxylic acids is 1. The van der Waals surface area contributed by atoms with Gasteiger partial charge in [0, 0.05) is 23.7 Å². The summed E-state index contributed by atoms with van der Waals surface area (Å²) in [5.74, 6) is 0.803. The first kappa shape index (κ1) is 14.6. The zero-order chi connectivity index (χ0) is 15.4. The van der Waals surface area contributed by atoms with E-state index in [9.17, 15) is 4.79 Å². The second-order valence-electron chi connectivity index (χ2n) is 5.01. The minimum Gasteiger partial charge on any atom is -0.307 e. The van der Waals surface area contributed by atoms with Gasteiger partial charge in [0.1, 0.15) is 5.84 Å². The third kappa shape index (κ3) is 3.28. The number of carbonyl (C=O) groups is 1. The number of para-hydroxylation sites is 1. The third-order valence-electron chi connectivity index (χ3n) is 3.42. The number of hydrogen-bond acceptors (Lipinski definition) is 2. The molecule has 0 bridgehead atoms. The number of urea groups is 1. The molecule has 4 nitrogen and oxygen atoms in total. The van der Waals surface area contributed by atoms with Crippen molar-refractivity contribution in [1.29, 1.82) is 0 Å². The first-order valence-corrected chi connectivity index (χ1v) is 7.57. The predicted octanol–water partition coefficient (Wildman–Crippen LogP) is 4.57. The summed E-state index contributed by atoms with van der Waals surface area (Å²) in [7, 11) is 0. The van der Waals surface area contributed by atoms with Gasteiger partial charge in [0.05, 0.1) is 5.69 Å². The fraction of sp³-hybridized carbons (Fsp3) is 0.176. The molecule has 0 aliphatic carbocycles. The Morgan fingerprint density at radius 2 is 1.82 bits per heavy atom. The van der Waals surface area contributed by atoms with Crippen molar-refractivity contribution in [3.05, 3.63) is 59.6 Å². The molecule has 0 saturated heterocycles. The largest absolute Gasteiger partial charge is 0.331 e. The Hall–Kier alpha value is -2.33. The van der Waals surface area contributed by atoms with Gasteiger partial charge in [-0.15, -0.1) is 0 Å². The zero-order valence-electron chi connectivity index (χ0n) is 12.0. The van der Waals surface area contributed by atoms with Gasteiger partial charge in [-0.1, -0.05) is 29.8 Å². The monoisotopic (exact) mass is 313 g/mol. The standard InChI is InChI=1S/C17H16ClN3O/c18-13-8-10-14(11-9-13)20-17(22)21(16-7-4-12-19-16)15-5-2-1-3-6-15/h1-3,5-6,8-11H,4,7,12H2,(H,20,22). The second-order valence-corrected chi connectivity index (χ2v) is 5.45. The Morgan fingerprint density at radius 1 is 1.09 bits per heavy atom. The topological polar surface area (TPSA) is 44.7 Å². The number of aliphatic imine (C=N–C) groups is 1. The van der Waals surface area contributed by atoms with Crippen molar-refractivity contribution in [3.8, 4) is 0 Å². The van der Waals surface area contributed by atoms with Crippen LogP contribution in [0.15, 0.2) is 59.6 Å². The molecule has 112 valence electrons. The minimum atomic E-state index is -0.214. The van der Waals surface area contributed by atoms with Crippen LogP contribution in [0, 0.1) is 0 Å². The van der Waals surface area contributed by atoms with E-state index in [1.807, 2.05) is 30.3 Å². The summed E-state index contributed by atoms with van der Waals surface area (Å²) in [5, 5.41) is 3.53. The molecule has 2 amide bonds. The molecule has 3 rings (SSSR count). The lowest BCUT2D eigenvalue weighted by Gasteiger charge is -2.23. The Labute approximate surface area is 134 Å². The lowest BCUT2D eigenvalue weighted by atomic mass is 10.2. The van der Waals surface area contributed by atoms with E-state index in [2.05, 4.69) is 10.3 Å². The van der Waals surface area contributed by atoms with Crippen molar-refractivity contribution < 1.29 is 4.79 Å². The zero-order valence-corrected chi connectivity index (χ0v) is 12.8. The minimum absolute atomic E-state index is 0.214. The van der Waals surface area contributed by atoms with Crippen molar-refractivity contribution in [2.75, 3.05) is 16.8 Å². The van der Waals surface area contributed by atoms with E-state index in [0.717, 1.165) is 30.9 Å². The molecule has 0 aromatic heterocycles.